The SMILES string of the molecule is CCCNCc1cnc(N(C)c2cccc(F)c2)nc1. The van der Waals surface area contributed by atoms with E-state index in [0.717, 1.165) is 30.8 Å². The summed E-state index contributed by atoms with van der Waals surface area (Å²) in [6.07, 6.45) is 4.68. The summed E-state index contributed by atoms with van der Waals surface area (Å²) in [6.45, 7) is 3.86. The average Bonchev–Trinajstić information content (AvgIpc) is 2.47. The van der Waals surface area contributed by atoms with Gasteiger partial charge in [0.05, 0.1) is 0 Å². The van der Waals surface area contributed by atoms with Crippen LogP contribution in [0.15, 0.2) is 36.7 Å². The third-order valence-corrected chi connectivity index (χ3v) is 2.94. The maximum Gasteiger partial charge on any atom is 0.229 e. The predicted molar refractivity (Wildman–Crippen MR) is 78.5 cm³/mol. The van der Waals surface area contributed by atoms with Gasteiger partial charge in [-0.05, 0) is 31.2 Å². The smallest absolute Gasteiger partial charge is 0.229 e. The van der Waals surface area contributed by atoms with Gasteiger partial charge in [-0.25, -0.2) is 14.4 Å². The van der Waals surface area contributed by atoms with Gasteiger partial charge in [0.25, 0.3) is 0 Å². The van der Waals surface area contributed by atoms with E-state index in [-0.39, 0.29) is 5.82 Å². The molecule has 2 rings (SSSR count). The van der Waals surface area contributed by atoms with Crippen LogP contribution < -0.4 is 10.2 Å². The number of anilines is 2. The lowest BCUT2D eigenvalue weighted by Gasteiger charge is -2.17. The molecule has 2 aromatic rings. The number of aromatic nitrogens is 2. The van der Waals surface area contributed by atoms with Gasteiger partial charge in [0.1, 0.15) is 5.82 Å². The molecule has 0 bridgehead atoms. The van der Waals surface area contributed by atoms with Crippen molar-refractivity contribution in [1.29, 1.82) is 0 Å². The molecule has 1 aromatic heterocycles. The summed E-state index contributed by atoms with van der Waals surface area (Å²) >= 11 is 0. The minimum atomic E-state index is -0.269. The molecule has 106 valence electrons. The van der Waals surface area contributed by atoms with Crippen molar-refractivity contribution < 1.29 is 4.39 Å². The van der Waals surface area contributed by atoms with Crippen LogP contribution in [0.25, 0.3) is 0 Å². The number of hydrogen-bond donors (Lipinski definition) is 1. The minimum absolute atomic E-state index is 0.269. The second kappa shape index (κ2) is 6.96. The normalized spacial score (nSPS) is 10.6. The highest BCUT2D eigenvalue weighted by atomic mass is 19.1. The van der Waals surface area contributed by atoms with Gasteiger partial charge in [0.15, 0.2) is 0 Å². The second-order valence-electron chi connectivity index (χ2n) is 4.61. The summed E-state index contributed by atoms with van der Waals surface area (Å²) in [5.41, 5.74) is 1.76. The molecule has 5 heteroatoms. The first kappa shape index (κ1) is 14.4. The van der Waals surface area contributed by atoms with Gasteiger partial charge in [-0.2, -0.15) is 0 Å². The highest BCUT2D eigenvalue weighted by Gasteiger charge is 2.07. The van der Waals surface area contributed by atoms with E-state index in [4.69, 9.17) is 0 Å². The highest BCUT2D eigenvalue weighted by Crippen LogP contribution is 2.20. The van der Waals surface area contributed by atoms with Gasteiger partial charge in [-0.1, -0.05) is 13.0 Å². The lowest BCUT2D eigenvalue weighted by Crippen LogP contribution is -2.16. The molecule has 1 heterocycles. The summed E-state index contributed by atoms with van der Waals surface area (Å²) in [4.78, 5) is 10.4. The van der Waals surface area contributed by atoms with Gasteiger partial charge >= 0.3 is 0 Å². The topological polar surface area (TPSA) is 41.1 Å². The minimum Gasteiger partial charge on any atom is -0.314 e. The molecule has 0 saturated heterocycles. The Morgan fingerprint density at radius 2 is 2.00 bits per heavy atom. The zero-order valence-corrected chi connectivity index (χ0v) is 11.8. The molecule has 0 atom stereocenters. The van der Waals surface area contributed by atoms with Crippen molar-refractivity contribution in [2.75, 3.05) is 18.5 Å². The number of hydrogen-bond acceptors (Lipinski definition) is 4. The van der Waals surface area contributed by atoms with Crippen LogP contribution in [0.3, 0.4) is 0 Å². The molecule has 1 N–H and O–H groups in total. The first-order valence-electron chi connectivity index (χ1n) is 6.71. The molecule has 0 aliphatic rings. The van der Waals surface area contributed by atoms with Crippen molar-refractivity contribution in [3.8, 4) is 0 Å². The van der Waals surface area contributed by atoms with E-state index < -0.39 is 0 Å². The van der Waals surface area contributed by atoms with E-state index in [1.165, 1.54) is 12.1 Å². The fourth-order valence-corrected chi connectivity index (χ4v) is 1.82. The molecule has 4 nitrogen and oxygen atoms in total. The number of nitrogens with one attached hydrogen (secondary N) is 1. The van der Waals surface area contributed by atoms with Crippen LogP contribution in [-0.2, 0) is 6.54 Å². The Kier molecular flexibility index (Phi) is 5.01. The number of rotatable bonds is 6. The second-order valence-corrected chi connectivity index (χ2v) is 4.61. The molecule has 0 aliphatic carbocycles. The molecular formula is C15H19FN4. The lowest BCUT2D eigenvalue weighted by atomic mass is 10.3. The highest BCUT2D eigenvalue weighted by molar-refractivity contribution is 5.55. The number of benzene rings is 1. The van der Waals surface area contributed by atoms with Crippen molar-refractivity contribution in [1.82, 2.24) is 15.3 Å². The van der Waals surface area contributed by atoms with Crippen LogP contribution in [0, 0.1) is 5.82 Å². The lowest BCUT2D eigenvalue weighted by molar-refractivity contribution is 0.628. The van der Waals surface area contributed by atoms with Crippen LogP contribution in [0.4, 0.5) is 16.0 Å². The molecule has 1 aromatic carbocycles. The molecule has 0 spiro atoms. The molecule has 0 saturated carbocycles. The van der Waals surface area contributed by atoms with E-state index in [1.54, 1.807) is 23.4 Å². The molecule has 0 unspecified atom stereocenters. The first-order chi connectivity index (χ1) is 9.70. The zero-order chi connectivity index (χ0) is 14.4. The van der Waals surface area contributed by atoms with Gasteiger partial charge < -0.3 is 10.2 Å². The molecule has 0 radical (unpaired) electrons. The predicted octanol–water partition coefficient (Wildman–Crippen LogP) is 2.88. The quantitative estimate of drug-likeness (QED) is 0.822. The van der Waals surface area contributed by atoms with E-state index in [1.807, 2.05) is 13.1 Å². The van der Waals surface area contributed by atoms with Crippen LogP contribution in [0.2, 0.25) is 0 Å². The Morgan fingerprint density at radius 1 is 1.25 bits per heavy atom. The monoisotopic (exact) mass is 274 g/mol. The Labute approximate surface area is 118 Å². The summed E-state index contributed by atoms with van der Waals surface area (Å²) < 4.78 is 13.2. The Bertz CT molecular complexity index is 542. The van der Waals surface area contributed by atoms with Gasteiger partial charge in [-0.3, -0.25) is 0 Å². The van der Waals surface area contributed by atoms with Crippen molar-refractivity contribution in [2.45, 2.75) is 19.9 Å². The van der Waals surface area contributed by atoms with Crippen molar-refractivity contribution in [3.63, 3.8) is 0 Å². The van der Waals surface area contributed by atoms with Crippen LogP contribution in [0.1, 0.15) is 18.9 Å². The fraction of sp³-hybridized carbons (Fsp3) is 0.333. The Hall–Kier alpha value is -2.01. The number of halogens is 1. The Morgan fingerprint density at radius 3 is 2.65 bits per heavy atom. The maximum atomic E-state index is 13.2. The van der Waals surface area contributed by atoms with Crippen molar-refractivity contribution in [2.24, 2.45) is 0 Å². The average molecular weight is 274 g/mol. The van der Waals surface area contributed by atoms with Gasteiger partial charge in [-0.15, -0.1) is 0 Å². The third-order valence-electron chi connectivity index (χ3n) is 2.94. The van der Waals surface area contributed by atoms with Crippen LogP contribution in [-0.4, -0.2) is 23.6 Å². The number of nitrogens with zero attached hydrogens (tertiary/aromatic N) is 3. The van der Waals surface area contributed by atoms with E-state index in [2.05, 4.69) is 22.2 Å². The first-order valence-corrected chi connectivity index (χ1v) is 6.71. The summed E-state index contributed by atoms with van der Waals surface area (Å²) in [5.74, 6) is 0.282. The molecule has 0 aliphatic heterocycles. The fourth-order valence-electron chi connectivity index (χ4n) is 1.82. The molecule has 0 fully saturated rings. The van der Waals surface area contributed by atoms with Crippen molar-refractivity contribution >= 4 is 11.6 Å². The van der Waals surface area contributed by atoms with E-state index in [9.17, 15) is 4.39 Å². The van der Waals surface area contributed by atoms with Crippen LogP contribution in [0.5, 0.6) is 0 Å². The molecule has 0 amide bonds. The Balaban J connectivity index is 2.05. The largest absolute Gasteiger partial charge is 0.314 e. The van der Waals surface area contributed by atoms with Crippen LogP contribution >= 0.6 is 0 Å². The van der Waals surface area contributed by atoms with E-state index >= 15 is 0 Å². The van der Waals surface area contributed by atoms with Crippen molar-refractivity contribution in [3.05, 3.63) is 48.0 Å². The van der Waals surface area contributed by atoms with E-state index in [0.29, 0.717) is 5.95 Å². The third kappa shape index (κ3) is 3.74. The maximum absolute atomic E-state index is 13.2. The zero-order valence-electron chi connectivity index (χ0n) is 11.8. The standard InChI is InChI=1S/C15H19FN4/c1-3-7-17-9-12-10-18-15(19-11-12)20(2)14-6-4-5-13(16)8-14/h4-6,8,10-11,17H,3,7,9H2,1-2H3. The molecule has 20 heavy (non-hydrogen) atoms. The summed E-state index contributed by atoms with van der Waals surface area (Å²) in [5, 5.41) is 3.30. The summed E-state index contributed by atoms with van der Waals surface area (Å²) in [6, 6.07) is 6.37. The molecular weight excluding hydrogens is 255 g/mol. The summed E-state index contributed by atoms with van der Waals surface area (Å²) in [7, 11) is 1.82. The van der Waals surface area contributed by atoms with Gasteiger partial charge in [0, 0.05) is 37.2 Å². The van der Waals surface area contributed by atoms with Gasteiger partial charge in [0.2, 0.25) is 5.95 Å².